The van der Waals surface area contributed by atoms with Crippen molar-refractivity contribution in [3.63, 3.8) is 0 Å². The maximum Gasteiger partial charge on any atom is 0.205 e. The first-order chi connectivity index (χ1) is 10.8. The molecular weight excluding hydrogens is 308 g/mol. The molecule has 1 unspecified atom stereocenters. The van der Waals surface area contributed by atoms with E-state index >= 15 is 0 Å². The molecule has 0 N–H and O–H groups in total. The zero-order chi connectivity index (χ0) is 17.5. The first-order valence-electron chi connectivity index (χ1n) is 7.98. The van der Waals surface area contributed by atoms with Crippen molar-refractivity contribution in [2.24, 2.45) is 5.41 Å². The van der Waals surface area contributed by atoms with Crippen molar-refractivity contribution in [2.45, 2.75) is 52.5 Å². The lowest BCUT2D eigenvalue weighted by Crippen LogP contribution is -2.45. The van der Waals surface area contributed by atoms with Gasteiger partial charge in [-0.05, 0) is 30.1 Å². The predicted octanol–water partition coefficient (Wildman–Crippen LogP) is 3.91. The van der Waals surface area contributed by atoms with Crippen LogP contribution in [-0.4, -0.2) is 42.3 Å². The number of ether oxygens (including phenoxy) is 3. The fourth-order valence-corrected chi connectivity index (χ4v) is 3.57. The SMILES string of the molecule is COCOC(Cc1ccccc1OC)[C@H](O[Si](C)C)C(C)(C)C. The highest BCUT2D eigenvalue weighted by molar-refractivity contribution is 6.48. The molecule has 1 aromatic carbocycles. The Morgan fingerprint density at radius 3 is 2.26 bits per heavy atom. The topological polar surface area (TPSA) is 36.9 Å². The summed E-state index contributed by atoms with van der Waals surface area (Å²) >= 11 is 0. The van der Waals surface area contributed by atoms with Gasteiger partial charge in [-0.15, -0.1) is 0 Å². The molecule has 0 fully saturated rings. The van der Waals surface area contributed by atoms with Gasteiger partial charge in [0.2, 0.25) is 9.04 Å². The molecule has 1 aromatic rings. The van der Waals surface area contributed by atoms with Gasteiger partial charge in [-0.3, -0.25) is 0 Å². The van der Waals surface area contributed by atoms with Crippen LogP contribution < -0.4 is 4.74 Å². The molecule has 23 heavy (non-hydrogen) atoms. The fraction of sp³-hybridized carbons (Fsp3) is 0.667. The van der Waals surface area contributed by atoms with Crippen LogP contribution in [0.25, 0.3) is 0 Å². The second-order valence-corrected chi connectivity index (χ2v) is 8.99. The zero-order valence-corrected chi connectivity index (χ0v) is 16.5. The molecule has 0 spiro atoms. The molecule has 0 saturated carbocycles. The second kappa shape index (κ2) is 9.42. The van der Waals surface area contributed by atoms with Gasteiger partial charge in [0.25, 0.3) is 0 Å². The number of para-hydroxylation sites is 1. The Bertz CT molecular complexity index is 457. The second-order valence-electron chi connectivity index (χ2n) is 6.94. The number of benzene rings is 1. The Hall–Kier alpha value is -0.883. The van der Waals surface area contributed by atoms with Crippen molar-refractivity contribution in [2.75, 3.05) is 21.0 Å². The van der Waals surface area contributed by atoms with E-state index in [1.165, 1.54) is 0 Å². The van der Waals surface area contributed by atoms with E-state index < -0.39 is 9.04 Å². The molecule has 2 atom stereocenters. The molecule has 0 heterocycles. The highest BCUT2D eigenvalue weighted by Crippen LogP contribution is 2.30. The Balaban J connectivity index is 3.05. The summed E-state index contributed by atoms with van der Waals surface area (Å²) < 4.78 is 22.9. The third kappa shape index (κ3) is 6.63. The maximum atomic E-state index is 6.30. The van der Waals surface area contributed by atoms with Crippen LogP contribution in [0.15, 0.2) is 24.3 Å². The van der Waals surface area contributed by atoms with Gasteiger partial charge in [-0.2, -0.15) is 0 Å². The minimum absolute atomic E-state index is 0.00792. The summed E-state index contributed by atoms with van der Waals surface area (Å²) in [6.07, 6.45) is 0.627. The quantitative estimate of drug-likeness (QED) is 0.505. The molecule has 0 aliphatic rings. The first kappa shape index (κ1) is 20.2. The lowest BCUT2D eigenvalue weighted by Gasteiger charge is -2.38. The van der Waals surface area contributed by atoms with Crippen LogP contribution in [0, 0.1) is 5.41 Å². The number of rotatable bonds is 9. The van der Waals surface area contributed by atoms with E-state index in [1.807, 2.05) is 18.2 Å². The molecule has 4 nitrogen and oxygen atoms in total. The standard InChI is InChI=1S/C18H31O4Si/c1-18(2,3)17(22-23(6)7)16(21-13-19-4)12-14-10-8-9-11-15(14)20-5/h8-11,16-17H,12-13H2,1-7H3/t16?,17-/m0/s1. The van der Waals surface area contributed by atoms with Crippen LogP contribution in [0.4, 0.5) is 0 Å². The van der Waals surface area contributed by atoms with E-state index in [4.69, 9.17) is 18.6 Å². The predicted molar refractivity (Wildman–Crippen MR) is 95.3 cm³/mol. The van der Waals surface area contributed by atoms with Crippen LogP contribution in [0.5, 0.6) is 5.75 Å². The van der Waals surface area contributed by atoms with Gasteiger partial charge in [0.15, 0.2) is 0 Å². The van der Waals surface area contributed by atoms with E-state index in [2.05, 4.69) is 39.9 Å². The highest BCUT2D eigenvalue weighted by Gasteiger charge is 2.35. The van der Waals surface area contributed by atoms with E-state index in [0.717, 1.165) is 17.7 Å². The van der Waals surface area contributed by atoms with Gasteiger partial charge >= 0.3 is 0 Å². The lowest BCUT2D eigenvalue weighted by atomic mass is 9.84. The Kier molecular flexibility index (Phi) is 8.26. The van der Waals surface area contributed by atoms with Crippen molar-refractivity contribution in [1.82, 2.24) is 0 Å². The van der Waals surface area contributed by atoms with Crippen LogP contribution in [-0.2, 0) is 20.3 Å². The minimum Gasteiger partial charge on any atom is -0.496 e. The minimum atomic E-state index is -0.844. The van der Waals surface area contributed by atoms with Crippen molar-refractivity contribution >= 4 is 9.04 Å². The molecule has 0 bridgehead atoms. The molecule has 5 heteroatoms. The van der Waals surface area contributed by atoms with Gasteiger partial charge in [-0.1, -0.05) is 39.0 Å². The molecule has 131 valence electrons. The molecule has 0 aliphatic heterocycles. The molecule has 0 aliphatic carbocycles. The molecule has 0 saturated heterocycles. The van der Waals surface area contributed by atoms with E-state index in [9.17, 15) is 0 Å². The summed E-state index contributed by atoms with van der Waals surface area (Å²) in [4.78, 5) is 0. The largest absolute Gasteiger partial charge is 0.496 e. The highest BCUT2D eigenvalue weighted by atomic mass is 28.3. The third-order valence-corrected chi connectivity index (χ3v) is 4.29. The molecule has 0 aromatic heterocycles. The van der Waals surface area contributed by atoms with Gasteiger partial charge in [0.05, 0.1) is 19.3 Å². The van der Waals surface area contributed by atoms with Crippen LogP contribution in [0.1, 0.15) is 26.3 Å². The van der Waals surface area contributed by atoms with Crippen LogP contribution in [0.3, 0.4) is 0 Å². The molecule has 1 rings (SSSR count). The molecular formula is C18H31O4Si. The Morgan fingerprint density at radius 2 is 1.74 bits per heavy atom. The van der Waals surface area contributed by atoms with Crippen LogP contribution in [0.2, 0.25) is 13.1 Å². The fourth-order valence-electron chi connectivity index (χ4n) is 2.56. The third-order valence-electron chi connectivity index (χ3n) is 3.57. The van der Waals surface area contributed by atoms with Crippen molar-refractivity contribution in [1.29, 1.82) is 0 Å². The average molecular weight is 340 g/mol. The summed E-state index contributed by atoms with van der Waals surface area (Å²) in [7, 11) is 2.49. The van der Waals surface area contributed by atoms with Crippen molar-refractivity contribution in [3.8, 4) is 5.75 Å². The zero-order valence-electron chi connectivity index (χ0n) is 15.5. The van der Waals surface area contributed by atoms with Gasteiger partial charge in [0, 0.05) is 13.5 Å². The first-order valence-corrected chi connectivity index (χ1v) is 10.4. The van der Waals surface area contributed by atoms with E-state index in [0.29, 0.717) is 0 Å². The number of hydrogen-bond donors (Lipinski definition) is 0. The monoisotopic (exact) mass is 339 g/mol. The summed E-state index contributed by atoms with van der Waals surface area (Å²) in [5.74, 6) is 0.879. The molecule has 0 amide bonds. The van der Waals surface area contributed by atoms with E-state index in [1.54, 1.807) is 14.2 Å². The van der Waals surface area contributed by atoms with Crippen molar-refractivity contribution in [3.05, 3.63) is 29.8 Å². The number of methoxy groups -OCH3 is 2. The summed E-state index contributed by atoms with van der Waals surface area (Å²) in [5, 5.41) is 0. The normalized spacial score (nSPS) is 14.8. The smallest absolute Gasteiger partial charge is 0.205 e. The van der Waals surface area contributed by atoms with Gasteiger partial charge < -0.3 is 18.6 Å². The number of hydrogen-bond acceptors (Lipinski definition) is 4. The maximum absolute atomic E-state index is 6.30. The average Bonchev–Trinajstić information content (AvgIpc) is 2.48. The Morgan fingerprint density at radius 1 is 1.09 bits per heavy atom. The summed E-state index contributed by atoms with van der Waals surface area (Å²) in [5.41, 5.74) is 1.09. The van der Waals surface area contributed by atoms with Crippen LogP contribution >= 0.6 is 0 Å². The van der Waals surface area contributed by atoms with E-state index in [-0.39, 0.29) is 24.4 Å². The van der Waals surface area contributed by atoms with Crippen molar-refractivity contribution < 1.29 is 18.6 Å². The van der Waals surface area contributed by atoms with Gasteiger partial charge in [-0.25, -0.2) is 0 Å². The summed E-state index contributed by atoms with van der Waals surface area (Å²) in [6, 6.07) is 8.05. The lowest BCUT2D eigenvalue weighted by molar-refractivity contribution is -0.128. The molecule has 1 radical (unpaired) electrons. The van der Waals surface area contributed by atoms with Gasteiger partial charge in [0.1, 0.15) is 12.5 Å². The Labute approximate surface area is 142 Å². The summed E-state index contributed by atoms with van der Waals surface area (Å²) in [6.45, 7) is 11.1.